The summed E-state index contributed by atoms with van der Waals surface area (Å²) < 4.78 is 45.4. The number of hydrogen-bond donors (Lipinski definition) is 0. The molecule has 1 saturated heterocycles. The lowest BCUT2D eigenvalue weighted by Gasteiger charge is -2.32. The number of anilines is 1. The molecule has 0 atom stereocenters. The van der Waals surface area contributed by atoms with Crippen LogP contribution in [-0.2, 0) is 6.18 Å². The summed E-state index contributed by atoms with van der Waals surface area (Å²) in [5, 5.41) is 0. The summed E-state index contributed by atoms with van der Waals surface area (Å²) in [6.07, 6.45) is -3.15. The second-order valence-corrected chi connectivity index (χ2v) is 6.20. The average Bonchev–Trinajstić information content (AvgIpc) is 3.06. The molecule has 4 rings (SSSR count). The van der Waals surface area contributed by atoms with Gasteiger partial charge < -0.3 is 14.2 Å². The first-order valence-corrected chi connectivity index (χ1v) is 8.15. The maximum absolute atomic E-state index is 13.3. The molecule has 26 heavy (non-hydrogen) atoms. The molecule has 1 fully saturated rings. The van der Waals surface area contributed by atoms with Crippen LogP contribution in [0.15, 0.2) is 35.0 Å². The van der Waals surface area contributed by atoms with Crippen molar-refractivity contribution in [2.75, 3.05) is 38.1 Å². The Balaban J connectivity index is 1.79. The van der Waals surface area contributed by atoms with E-state index < -0.39 is 11.7 Å². The molecule has 0 unspecified atom stereocenters. The number of benzene rings is 1. The number of aromatic nitrogens is 3. The molecule has 2 aromatic heterocycles. The average molecular weight is 363 g/mol. The number of piperazine rings is 1. The Labute approximate surface area is 147 Å². The van der Waals surface area contributed by atoms with E-state index in [1.807, 2.05) is 11.9 Å². The largest absolute Gasteiger partial charge is 0.417 e. The summed E-state index contributed by atoms with van der Waals surface area (Å²) in [7, 11) is 2.04. The van der Waals surface area contributed by atoms with Gasteiger partial charge in [-0.2, -0.15) is 18.2 Å². The van der Waals surface area contributed by atoms with Crippen molar-refractivity contribution in [2.45, 2.75) is 6.18 Å². The third kappa shape index (κ3) is 2.98. The highest BCUT2D eigenvalue weighted by Crippen LogP contribution is 2.38. The van der Waals surface area contributed by atoms with Gasteiger partial charge in [0.2, 0.25) is 5.89 Å². The summed E-state index contributed by atoms with van der Waals surface area (Å²) in [6.45, 7) is 3.24. The minimum atomic E-state index is -4.50. The number of oxazole rings is 1. The molecule has 0 radical (unpaired) electrons. The summed E-state index contributed by atoms with van der Waals surface area (Å²) in [5.41, 5.74) is -0.340. The summed E-state index contributed by atoms with van der Waals surface area (Å²) in [4.78, 5) is 16.9. The van der Waals surface area contributed by atoms with Crippen molar-refractivity contribution in [2.24, 2.45) is 0 Å². The van der Waals surface area contributed by atoms with Crippen molar-refractivity contribution in [3.05, 3.63) is 36.2 Å². The Morgan fingerprint density at radius 1 is 1.04 bits per heavy atom. The third-order valence-electron chi connectivity index (χ3n) is 4.44. The van der Waals surface area contributed by atoms with Gasteiger partial charge >= 0.3 is 6.18 Å². The highest BCUT2D eigenvalue weighted by molar-refractivity contribution is 5.84. The summed E-state index contributed by atoms with van der Waals surface area (Å²) >= 11 is 0. The molecule has 0 bridgehead atoms. The van der Waals surface area contributed by atoms with Crippen molar-refractivity contribution in [1.29, 1.82) is 0 Å². The molecule has 1 aliphatic heterocycles. The number of nitrogens with zero attached hydrogens (tertiary/aromatic N) is 5. The van der Waals surface area contributed by atoms with Crippen molar-refractivity contribution < 1.29 is 17.6 Å². The van der Waals surface area contributed by atoms with Gasteiger partial charge in [-0.15, -0.1) is 0 Å². The highest BCUT2D eigenvalue weighted by atomic mass is 19.4. The van der Waals surface area contributed by atoms with Gasteiger partial charge in [0.1, 0.15) is 6.33 Å². The first kappa shape index (κ1) is 16.8. The second-order valence-electron chi connectivity index (χ2n) is 6.20. The Hall–Kier alpha value is -2.68. The van der Waals surface area contributed by atoms with Gasteiger partial charge in [-0.3, -0.25) is 0 Å². The number of fused-ring (bicyclic) bond motifs is 1. The van der Waals surface area contributed by atoms with Gasteiger partial charge in [0.05, 0.1) is 5.56 Å². The van der Waals surface area contributed by atoms with Crippen LogP contribution in [0.5, 0.6) is 0 Å². The Kier molecular flexibility index (Phi) is 4.03. The molecule has 3 aromatic rings. The first-order chi connectivity index (χ1) is 12.4. The molecule has 3 heterocycles. The summed E-state index contributed by atoms with van der Waals surface area (Å²) in [6, 6.07) is 5.21. The molecular weight excluding hydrogens is 347 g/mol. The van der Waals surface area contributed by atoms with Crippen molar-refractivity contribution in [1.82, 2.24) is 19.9 Å². The third-order valence-corrected chi connectivity index (χ3v) is 4.44. The molecule has 136 valence electrons. The normalized spacial score (nSPS) is 16.4. The smallest absolute Gasteiger partial charge is 0.417 e. The van der Waals surface area contributed by atoms with E-state index in [1.165, 1.54) is 24.5 Å². The molecule has 0 aliphatic carbocycles. The zero-order chi connectivity index (χ0) is 18.3. The molecule has 0 amide bonds. The van der Waals surface area contributed by atoms with Gasteiger partial charge in [0, 0.05) is 31.7 Å². The fraction of sp³-hybridized carbons (Fsp3) is 0.353. The lowest BCUT2D eigenvalue weighted by atomic mass is 10.1. The lowest BCUT2D eigenvalue weighted by Crippen LogP contribution is -2.44. The minimum Gasteiger partial charge on any atom is -0.417 e. The SMILES string of the molecule is CN1CCN(c2ncnc3oc(-c4ccccc4C(F)(F)F)nc23)CC1. The van der Waals surface area contributed by atoms with Gasteiger partial charge in [-0.05, 0) is 19.2 Å². The molecule has 6 nitrogen and oxygen atoms in total. The van der Waals surface area contributed by atoms with Gasteiger partial charge in [-0.1, -0.05) is 12.1 Å². The van der Waals surface area contributed by atoms with Crippen molar-refractivity contribution in [3.8, 4) is 11.5 Å². The van der Waals surface area contributed by atoms with Gasteiger partial charge in [-0.25, -0.2) is 9.97 Å². The van der Waals surface area contributed by atoms with E-state index in [2.05, 4.69) is 19.9 Å². The predicted molar refractivity (Wildman–Crippen MR) is 89.7 cm³/mol. The van der Waals surface area contributed by atoms with E-state index in [-0.39, 0.29) is 17.2 Å². The van der Waals surface area contributed by atoms with E-state index >= 15 is 0 Å². The van der Waals surface area contributed by atoms with E-state index in [0.717, 1.165) is 32.2 Å². The van der Waals surface area contributed by atoms with Crippen LogP contribution < -0.4 is 4.90 Å². The van der Waals surface area contributed by atoms with Crippen LogP contribution in [0.1, 0.15) is 5.56 Å². The van der Waals surface area contributed by atoms with Crippen LogP contribution in [0.3, 0.4) is 0 Å². The first-order valence-electron chi connectivity index (χ1n) is 8.15. The molecule has 1 aromatic carbocycles. The van der Waals surface area contributed by atoms with Crippen molar-refractivity contribution in [3.63, 3.8) is 0 Å². The standard InChI is InChI=1S/C17H16F3N5O/c1-24-6-8-25(9-7-24)14-13-16(22-10-21-14)26-15(23-13)11-4-2-3-5-12(11)17(18,19)20/h2-5,10H,6-9H2,1H3. The fourth-order valence-corrected chi connectivity index (χ4v) is 3.02. The molecular formula is C17H16F3N5O. The van der Waals surface area contributed by atoms with Gasteiger partial charge in [0.25, 0.3) is 5.71 Å². The number of halogens is 3. The quantitative estimate of drug-likeness (QED) is 0.698. The highest BCUT2D eigenvalue weighted by Gasteiger charge is 2.35. The number of hydrogen-bond acceptors (Lipinski definition) is 6. The summed E-state index contributed by atoms with van der Waals surface area (Å²) in [5.74, 6) is 0.478. The fourth-order valence-electron chi connectivity index (χ4n) is 3.02. The monoisotopic (exact) mass is 363 g/mol. The molecule has 0 N–H and O–H groups in total. The van der Waals surface area contributed by atoms with Crippen LogP contribution in [0.2, 0.25) is 0 Å². The van der Waals surface area contributed by atoms with E-state index in [0.29, 0.717) is 11.3 Å². The van der Waals surface area contributed by atoms with Crippen LogP contribution in [0.4, 0.5) is 19.0 Å². The molecule has 1 aliphatic rings. The maximum Gasteiger partial charge on any atom is 0.417 e. The zero-order valence-corrected chi connectivity index (χ0v) is 14.0. The number of likely N-dealkylation sites (N-methyl/N-ethyl adjacent to an activating group) is 1. The minimum absolute atomic E-state index is 0.108. The predicted octanol–water partition coefficient (Wildman–Crippen LogP) is 3.06. The second kappa shape index (κ2) is 6.24. The number of alkyl halides is 3. The Morgan fingerprint density at radius 2 is 1.77 bits per heavy atom. The Morgan fingerprint density at radius 3 is 2.50 bits per heavy atom. The van der Waals surface area contributed by atoms with E-state index in [9.17, 15) is 13.2 Å². The number of rotatable bonds is 2. The molecule has 9 heteroatoms. The Bertz CT molecular complexity index is 932. The lowest BCUT2D eigenvalue weighted by molar-refractivity contribution is -0.137. The topological polar surface area (TPSA) is 58.3 Å². The van der Waals surface area contributed by atoms with E-state index in [1.54, 1.807) is 0 Å². The van der Waals surface area contributed by atoms with Crippen LogP contribution in [0, 0.1) is 0 Å². The molecule has 0 saturated carbocycles. The van der Waals surface area contributed by atoms with Crippen LogP contribution >= 0.6 is 0 Å². The van der Waals surface area contributed by atoms with Gasteiger partial charge in [0.15, 0.2) is 11.3 Å². The van der Waals surface area contributed by atoms with Crippen molar-refractivity contribution >= 4 is 17.0 Å². The van der Waals surface area contributed by atoms with Crippen LogP contribution in [0.25, 0.3) is 22.7 Å². The maximum atomic E-state index is 13.3. The van der Waals surface area contributed by atoms with E-state index in [4.69, 9.17) is 4.42 Å². The zero-order valence-electron chi connectivity index (χ0n) is 14.0. The van der Waals surface area contributed by atoms with Crippen LogP contribution in [-0.4, -0.2) is 53.1 Å². The molecule has 0 spiro atoms.